The van der Waals surface area contributed by atoms with Crippen LogP contribution in [0.15, 0.2) is 34.9 Å². The fourth-order valence-corrected chi connectivity index (χ4v) is 1.91. The Hall–Kier alpha value is -2.94. The molecule has 0 aliphatic rings. The van der Waals surface area contributed by atoms with Crippen LogP contribution in [0.25, 0.3) is 10.9 Å². The molecule has 0 spiro atoms. The van der Waals surface area contributed by atoms with Crippen LogP contribution in [0.3, 0.4) is 0 Å². The van der Waals surface area contributed by atoms with Crippen LogP contribution < -0.4 is 5.32 Å². The van der Waals surface area contributed by atoms with E-state index < -0.39 is 0 Å². The number of nitriles is 1. The van der Waals surface area contributed by atoms with Crippen molar-refractivity contribution >= 4 is 16.7 Å². The predicted octanol–water partition coefficient (Wildman–Crippen LogP) is 2.41. The first-order valence-electron chi connectivity index (χ1n) is 6.09. The maximum absolute atomic E-state index is 9.20. The van der Waals surface area contributed by atoms with Crippen molar-refractivity contribution in [3.05, 3.63) is 47.6 Å². The third-order valence-electron chi connectivity index (χ3n) is 2.83. The molecule has 0 radical (unpaired) electrons. The summed E-state index contributed by atoms with van der Waals surface area (Å²) >= 11 is 0. The van der Waals surface area contributed by atoms with Gasteiger partial charge in [-0.3, -0.25) is 0 Å². The summed E-state index contributed by atoms with van der Waals surface area (Å²) in [4.78, 5) is 8.54. The van der Waals surface area contributed by atoms with Gasteiger partial charge in [0.15, 0.2) is 5.82 Å². The van der Waals surface area contributed by atoms with E-state index in [0.717, 1.165) is 10.9 Å². The Morgan fingerprint density at radius 1 is 1.30 bits per heavy atom. The number of rotatable bonds is 3. The lowest BCUT2D eigenvalue weighted by atomic mass is 10.1. The van der Waals surface area contributed by atoms with Gasteiger partial charge in [-0.1, -0.05) is 23.4 Å². The fourth-order valence-electron chi connectivity index (χ4n) is 1.91. The van der Waals surface area contributed by atoms with Gasteiger partial charge in [-0.25, -0.2) is 4.98 Å². The number of pyridine rings is 1. The average molecular weight is 265 g/mol. The molecular formula is C14H11N5O. The molecule has 3 aromatic rings. The topological polar surface area (TPSA) is 87.6 Å². The number of hydrogen-bond acceptors (Lipinski definition) is 6. The molecule has 6 nitrogen and oxygen atoms in total. The Morgan fingerprint density at radius 3 is 2.90 bits per heavy atom. The van der Waals surface area contributed by atoms with Gasteiger partial charge in [-0.2, -0.15) is 10.2 Å². The molecule has 0 bridgehead atoms. The summed E-state index contributed by atoms with van der Waals surface area (Å²) in [7, 11) is 0. The third-order valence-corrected chi connectivity index (χ3v) is 2.83. The molecule has 0 fully saturated rings. The molecule has 0 saturated carbocycles. The third kappa shape index (κ3) is 2.29. The maximum Gasteiger partial charge on any atom is 0.223 e. The van der Waals surface area contributed by atoms with Crippen LogP contribution in [-0.4, -0.2) is 15.1 Å². The van der Waals surface area contributed by atoms with Gasteiger partial charge in [0.1, 0.15) is 11.9 Å². The minimum absolute atomic E-state index is 0.358. The standard InChI is InChI=1S/C14H11N5O/c1-9-17-13(19-20-9)8-16-14-11(7-15)6-10-4-2-3-5-12(10)18-14/h2-6H,8H2,1H3,(H,16,18). The Bertz CT molecular complexity index is 803. The smallest absolute Gasteiger partial charge is 0.223 e. The average Bonchev–Trinajstić information content (AvgIpc) is 2.89. The van der Waals surface area contributed by atoms with Gasteiger partial charge in [0, 0.05) is 12.3 Å². The summed E-state index contributed by atoms with van der Waals surface area (Å²) in [5.41, 5.74) is 1.32. The Balaban J connectivity index is 1.92. The zero-order valence-corrected chi connectivity index (χ0v) is 10.8. The van der Waals surface area contributed by atoms with E-state index in [9.17, 15) is 5.26 Å². The van der Waals surface area contributed by atoms with Crippen LogP contribution in [-0.2, 0) is 6.54 Å². The normalized spacial score (nSPS) is 10.4. The van der Waals surface area contributed by atoms with E-state index in [0.29, 0.717) is 29.6 Å². The zero-order chi connectivity index (χ0) is 13.9. The molecule has 6 heteroatoms. The molecular weight excluding hydrogens is 254 g/mol. The number of fused-ring (bicyclic) bond motifs is 1. The van der Waals surface area contributed by atoms with Crippen molar-refractivity contribution in [1.29, 1.82) is 5.26 Å². The quantitative estimate of drug-likeness (QED) is 0.782. The van der Waals surface area contributed by atoms with E-state index in [1.807, 2.05) is 30.3 Å². The summed E-state index contributed by atoms with van der Waals surface area (Å²) in [5, 5.41) is 17.0. The number of benzene rings is 1. The van der Waals surface area contributed by atoms with Crippen LogP contribution in [0.5, 0.6) is 0 Å². The lowest BCUT2D eigenvalue weighted by molar-refractivity contribution is 0.388. The van der Waals surface area contributed by atoms with Crippen LogP contribution in [0.4, 0.5) is 5.82 Å². The van der Waals surface area contributed by atoms with Crippen molar-refractivity contribution in [3.8, 4) is 6.07 Å². The Labute approximate surface area is 115 Å². The molecule has 20 heavy (non-hydrogen) atoms. The molecule has 0 unspecified atom stereocenters. The second kappa shape index (κ2) is 4.97. The minimum atomic E-state index is 0.358. The van der Waals surface area contributed by atoms with E-state index >= 15 is 0 Å². The van der Waals surface area contributed by atoms with Crippen LogP contribution in [0.2, 0.25) is 0 Å². The van der Waals surface area contributed by atoms with Crippen molar-refractivity contribution in [3.63, 3.8) is 0 Å². The highest BCUT2D eigenvalue weighted by atomic mass is 16.5. The summed E-state index contributed by atoms with van der Waals surface area (Å²) < 4.78 is 4.89. The number of para-hydroxylation sites is 1. The van der Waals surface area contributed by atoms with E-state index in [2.05, 4.69) is 26.5 Å². The van der Waals surface area contributed by atoms with Gasteiger partial charge < -0.3 is 9.84 Å². The first-order valence-corrected chi connectivity index (χ1v) is 6.09. The lowest BCUT2D eigenvalue weighted by Crippen LogP contribution is -2.05. The van der Waals surface area contributed by atoms with E-state index in [1.54, 1.807) is 6.92 Å². The van der Waals surface area contributed by atoms with E-state index in [4.69, 9.17) is 4.52 Å². The number of aromatic nitrogens is 3. The summed E-state index contributed by atoms with van der Waals surface area (Å²) in [6, 6.07) is 11.6. The predicted molar refractivity (Wildman–Crippen MR) is 72.8 cm³/mol. The van der Waals surface area contributed by atoms with Crippen molar-refractivity contribution in [2.75, 3.05) is 5.32 Å². The van der Waals surface area contributed by atoms with Crippen molar-refractivity contribution < 1.29 is 4.52 Å². The van der Waals surface area contributed by atoms with Gasteiger partial charge in [0.25, 0.3) is 0 Å². The molecule has 0 aliphatic carbocycles. The lowest BCUT2D eigenvalue weighted by Gasteiger charge is -2.06. The molecule has 2 heterocycles. The molecule has 3 rings (SSSR count). The SMILES string of the molecule is Cc1nc(CNc2nc3ccccc3cc2C#N)no1. The zero-order valence-electron chi connectivity index (χ0n) is 10.8. The summed E-state index contributed by atoms with van der Waals surface area (Å²) in [5.74, 6) is 1.56. The van der Waals surface area contributed by atoms with Gasteiger partial charge in [0.2, 0.25) is 5.89 Å². The number of nitrogens with one attached hydrogen (secondary N) is 1. The second-order valence-corrected chi connectivity index (χ2v) is 4.27. The highest BCUT2D eigenvalue weighted by Crippen LogP contribution is 2.20. The van der Waals surface area contributed by atoms with E-state index in [-0.39, 0.29) is 0 Å². The molecule has 0 saturated heterocycles. The molecule has 2 aromatic heterocycles. The number of nitrogens with zero attached hydrogens (tertiary/aromatic N) is 4. The first kappa shape index (κ1) is 12.1. The molecule has 98 valence electrons. The van der Waals surface area contributed by atoms with Gasteiger partial charge in [0.05, 0.1) is 17.6 Å². The summed E-state index contributed by atoms with van der Waals surface area (Å²) in [6.07, 6.45) is 0. The van der Waals surface area contributed by atoms with Crippen LogP contribution >= 0.6 is 0 Å². The molecule has 0 atom stereocenters. The molecule has 0 amide bonds. The van der Waals surface area contributed by atoms with Crippen LogP contribution in [0.1, 0.15) is 17.3 Å². The fraction of sp³-hybridized carbons (Fsp3) is 0.143. The largest absolute Gasteiger partial charge is 0.362 e. The van der Waals surface area contributed by atoms with Crippen molar-refractivity contribution in [1.82, 2.24) is 15.1 Å². The van der Waals surface area contributed by atoms with Gasteiger partial charge in [-0.05, 0) is 12.1 Å². The molecule has 0 aliphatic heterocycles. The Morgan fingerprint density at radius 2 is 2.15 bits per heavy atom. The minimum Gasteiger partial charge on any atom is -0.362 e. The second-order valence-electron chi connectivity index (χ2n) is 4.27. The van der Waals surface area contributed by atoms with Crippen LogP contribution in [0, 0.1) is 18.3 Å². The highest BCUT2D eigenvalue weighted by molar-refractivity contribution is 5.82. The monoisotopic (exact) mass is 265 g/mol. The molecule has 1 N–H and O–H groups in total. The van der Waals surface area contributed by atoms with Gasteiger partial charge >= 0.3 is 0 Å². The first-order chi connectivity index (χ1) is 9.76. The van der Waals surface area contributed by atoms with Crippen molar-refractivity contribution in [2.24, 2.45) is 0 Å². The molecule has 1 aromatic carbocycles. The number of hydrogen-bond donors (Lipinski definition) is 1. The van der Waals surface area contributed by atoms with Crippen molar-refractivity contribution in [2.45, 2.75) is 13.5 Å². The summed E-state index contributed by atoms with van der Waals surface area (Å²) in [6.45, 7) is 2.09. The van der Waals surface area contributed by atoms with E-state index in [1.165, 1.54) is 0 Å². The number of aryl methyl sites for hydroxylation is 1. The highest BCUT2D eigenvalue weighted by Gasteiger charge is 2.08. The van der Waals surface area contributed by atoms with Gasteiger partial charge in [-0.15, -0.1) is 0 Å². The number of anilines is 1. The Kier molecular flexibility index (Phi) is 3.01. The maximum atomic E-state index is 9.20.